The summed E-state index contributed by atoms with van der Waals surface area (Å²) in [6, 6.07) is 12.4. The smallest absolute Gasteiger partial charge is 0.252 e. The second kappa shape index (κ2) is 8.39. The van der Waals surface area contributed by atoms with E-state index in [-0.39, 0.29) is 11.9 Å². The predicted molar refractivity (Wildman–Crippen MR) is 126 cm³/mol. The molecule has 0 radical (unpaired) electrons. The van der Waals surface area contributed by atoms with Gasteiger partial charge in [-0.3, -0.25) is 4.79 Å². The summed E-state index contributed by atoms with van der Waals surface area (Å²) < 4.78 is 1.88. The molecule has 0 saturated carbocycles. The number of rotatable bonds is 5. The molecule has 2 aliphatic rings. The SMILES string of the molecule is CCn1nc(-c2ccc(C3CCNCC3)c(C)c2)nc1Nc1ccc2c(c1)C(C)NC2=O. The maximum Gasteiger partial charge on any atom is 0.252 e. The van der Waals surface area contributed by atoms with Crippen molar-refractivity contribution in [2.45, 2.75) is 52.1 Å². The van der Waals surface area contributed by atoms with Crippen molar-refractivity contribution in [3.05, 3.63) is 58.7 Å². The van der Waals surface area contributed by atoms with Gasteiger partial charge < -0.3 is 16.0 Å². The number of carbonyl (C=O) groups excluding carboxylic acids is 1. The fourth-order valence-corrected chi connectivity index (χ4v) is 4.87. The highest BCUT2D eigenvalue weighted by molar-refractivity contribution is 5.99. The molecule has 2 aromatic carbocycles. The van der Waals surface area contributed by atoms with Gasteiger partial charge in [0.05, 0.1) is 6.04 Å². The number of aromatic nitrogens is 3. The summed E-state index contributed by atoms with van der Waals surface area (Å²) in [5.41, 5.74) is 6.43. The van der Waals surface area contributed by atoms with Crippen LogP contribution in [0.25, 0.3) is 11.4 Å². The number of nitrogens with one attached hydrogen (secondary N) is 3. The van der Waals surface area contributed by atoms with Crippen molar-refractivity contribution < 1.29 is 4.79 Å². The number of hydrogen-bond acceptors (Lipinski definition) is 5. The quantitative estimate of drug-likeness (QED) is 0.562. The highest BCUT2D eigenvalue weighted by Gasteiger charge is 2.25. The van der Waals surface area contributed by atoms with Crippen LogP contribution in [-0.2, 0) is 6.54 Å². The molecule has 1 saturated heterocycles. The number of nitrogens with zero attached hydrogens (tertiary/aromatic N) is 3. The molecule has 3 aromatic rings. The number of fused-ring (bicyclic) bond motifs is 1. The van der Waals surface area contributed by atoms with E-state index in [4.69, 9.17) is 10.1 Å². The van der Waals surface area contributed by atoms with Crippen LogP contribution in [0.3, 0.4) is 0 Å². The van der Waals surface area contributed by atoms with Crippen LogP contribution >= 0.6 is 0 Å². The summed E-state index contributed by atoms with van der Waals surface area (Å²) in [4.78, 5) is 16.8. The number of anilines is 2. The fraction of sp³-hybridized carbons (Fsp3) is 0.400. The molecule has 1 amide bonds. The summed E-state index contributed by atoms with van der Waals surface area (Å²) >= 11 is 0. The zero-order chi connectivity index (χ0) is 22.2. The normalized spacial score (nSPS) is 18.5. The summed E-state index contributed by atoms with van der Waals surface area (Å²) in [6.07, 6.45) is 2.38. The number of piperidine rings is 1. The molecule has 1 atom stereocenters. The van der Waals surface area contributed by atoms with Crippen LogP contribution in [0.5, 0.6) is 0 Å². The molecule has 166 valence electrons. The Morgan fingerprint density at radius 2 is 1.94 bits per heavy atom. The van der Waals surface area contributed by atoms with E-state index in [2.05, 4.69) is 48.0 Å². The third kappa shape index (κ3) is 3.77. The third-order valence-corrected chi connectivity index (χ3v) is 6.64. The van der Waals surface area contributed by atoms with Gasteiger partial charge in [0.15, 0.2) is 5.82 Å². The third-order valence-electron chi connectivity index (χ3n) is 6.64. The van der Waals surface area contributed by atoms with Gasteiger partial charge >= 0.3 is 0 Å². The molecule has 1 unspecified atom stereocenters. The van der Waals surface area contributed by atoms with E-state index in [0.29, 0.717) is 18.4 Å². The van der Waals surface area contributed by atoms with E-state index < -0.39 is 0 Å². The Labute approximate surface area is 188 Å². The van der Waals surface area contributed by atoms with Crippen LogP contribution in [0.1, 0.15) is 65.7 Å². The number of benzene rings is 2. The second-order valence-electron chi connectivity index (χ2n) is 8.79. The van der Waals surface area contributed by atoms with E-state index in [1.165, 1.54) is 24.0 Å². The monoisotopic (exact) mass is 430 g/mol. The van der Waals surface area contributed by atoms with Crippen LogP contribution in [0, 0.1) is 6.92 Å². The average Bonchev–Trinajstić information content (AvgIpc) is 3.34. The molecule has 32 heavy (non-hydrogen) atoms. The van der Waals surface area contributed by atoms with Gasteiger partial charge in [-0.15, -0.1) is 5.10 Å². The highest BCUT2D eigenvalue weighted by Crippen LogP contribution is 2.32. The maximum absolute atomic E-state index is 12.0. The Balaban J connectivity index is 1.41. The molecule has 3 heterocycles. The van der Waals surface area contributed by atoms with Crippen molar-refractivity contribution in [3.63, 3.8) is 0 Å². The molecule has 3 N–H and O–H groups in total. The molecule has 7 nitrogen and oxygen atoms in total. The number of amides is 1. The summed E-state index contributed by atoms with van der Waals surface area (Å²) in [5, 5.41) is 14.5. The predicted octanol–water partition coefficient (Wildman–Crippen LogP) is 4.29. The Morgan fingerprint density at radius 3 is 2.69 bits per heavy atom. The lowest BCUT2D eigenvalue weighted by Gasteiger charge is -2.24. The van der Waals surface area contributed by atoms with Crippen LogP contribution in [0.15, 0.2) is 36.4 Å². The maximum atomic E-state index is 12.0. The van der Waals surface area contributed by atoms with Crippen molar-refractivity contribution in [1.82, 2.24) is 25.4 Å². The molecule has 2 aliphatic heterocycles. The van der Waals surface area contributed by atoms with Crippen LogP contribution < -0.4 is 16.0 Å². The Morgan fingerprint density at radius 1 is 1.12 bits per heavy atom. The molecule has 7 heteroatoms. The molecule has 0 bridgehead atoms. The van der Waals surface area contributed by atoms with Crippen LogP contribution in [0.4, 0.5) is 11.6 Å². The summed E-state index contributed by atoms with van der Waals surface area (Å²) in [7, 11) is 0. The second-order valence-corrected chi connectivity index (χ2v) is 8.79. The number of carbonyl (C=O) groups is 1. The molecule has 0 aliphatic carbocycles. The Hall–Kier alpha value is -3.19. The first-order chi connectivity index (χ1) is 15.5. The number of aryl methyl sites for hydroxylation is 2. The zero-order valence-electron chi connectivity index (χ0n) is 18.9. The lowest BCUT2D eigenvalue weighted by atomic mass is 9.87. The van der Waals surface area contributed by atoms with Gasteiger partial charge in [-0.05, 0) is 93.6 Å². The molecule has 0 spiro atoms. The first-order valence-corrected chi connectivity index (χ1v) is 11.5. The van der Waals surface area contributed by atoms with E-state index in [9.17, 15) is 4.79 Å². The van der Waals surface area contributed by atoms with Crippen molar-refractivity contribution in [1.29, 1.82) is 0 Å². The Kier molecular flexibility index (Phi) is 5.43. The van der Waals surface area contributed by atoms with E-state index in [1.807, 2.05) is 29.8 Å². The fourth-order valence-electron chi connectivity index (χ4n) is 4.87. The minimum Gasteiger partial charge on any atom is -0.345 e. The zero-order valence-corrected chi connectivity index (χ0v) is 18.9. The van der Waals surface area contributed by atoms with Crippen LogP contribution in [0.2, 0.25) is 0 Å². The van der Waals surface area contributed by atoms with Crippen molar-refractivity contribution in [2.75, 3.05) is 18.4 Å². The first-order valence-electron chi connectivity index (χ1n) is 11.5. The van der Waals surface area contributed by atoms with Gasteiger partial charge in [-0.25, -0.2) is 4.68 Å². The van der Waals surface area contributed by atoms with Crippen molar-refractivity contribution >= 4 is 17.5 Å². The molecular formula is C25H30N6O. The molecule has 5 rings (SSSR count). The highest BCUT2D eigenvalue weighted by atomic mass is 16.2. The lowest BCUT2D eigenvalue weighted by molar-refractivity contribution is 0.0958. The van der Waals surface area contributed by atoms with Crippen molar-refractivity contribution in [2.24, 2.45) is 0 Å². The van der Waals surface area contributed by atoms with Gasteiger partial charge in [0.25, 0.3) is 5.91 Å². The van der Waals surface area contributed by atoms with Crippen LogP contribution in [-0.4, -0.2) is 33.8 Å². The molecule has 1 aromatic heterocycles. The van der Waals surface area contributed by atoms with Gasteiger partial charge in [0, 0.05) is 23.4 Å². The largest absolute Gasteiger partial charge is 0.345 e. The molecular weight excluding hydrogens is 400 g/mol. The number of hydrogen-bond donors (Lipinski definition) is 3. The lowest BCUT2D eigenvalue weighted by Crippen LogP contribution is -2.26. The summed E-state index contributed by atoms with van der Waals surface area (Å²) in [5.74, 6) is 2.04. The first kappa shape index (κ1) is 20.7. The van der Waals surface area contributed by atoms with E-state index >= 15 is 0 Å². The minimum atomic E-state index is -0.0126. The standard InChI is InChI=1S/C25H30N6O/c1-4-31-25(28-19-6-8-21-22(14-19)16(3)27-24(21)32)29-23(30-31)18-5-7-20(15(2)13-18)17-9-11-26-12-10-17/h5-8,13-14,16-17,26H,4,9-12H2,1-3H3,(H,27,32)(H,28,29,30). The Bertz CT molecular complexity index is 1160. The summed E-state index contributed by atoms with van der Waals surface area (Å²) in [6.45, 7) is 9.14. The topological polar surface area (TPSA) is 83.9 Å². The molecule has 1 fully saturated rings. The van der Waals surface area contributed by atoms with E-state index in [0.717, 1.165) is 41.3 Å². The minimum absolute atomic E-state index is 0.0126. The van der Waals surface area contributed by atoms with Crippen molar-refractivity contribution in [3.8, 4) is 11.4 Å². The van der Waals surface area contributed by atoms with E-state index in [1.54, 1.807) is 0 Å². The average molecular weight is 431 g/mol. The van der Waals surface area contributed by atoms with Gasteiger partial charge in [0.2, 0.25) is 5.95 Å². The van der Waals surface area contributed by atoms with Gasteiger partial charge in [0.1, 0.15) is 0 Å². The van der Waals surface area contributed by atoms with Gasteiger partial charge in [-0.2, -0.15) is 4.98 Å². The van der Waals surface area contributed by atoms with Gasteiger partial charge in [-0.1, -0.05) is 12.1 Å².